The van der Waals surface area contributed by atoms with Crippen LogP contribution in [-0.2, 0) is 9.53 Å². The highest BCUT2D eigenvalue weighted by molar-refractivity contribution is 5.69. The first-order valence-corrected chi connectivity index (χ1v) is 17.6. The third-order valence-electron chi connectivity index (χ3n) is 7.90. The zero-order valence-corrected chi connectivity index (χ0v) is 26.4. The van der Waals surface area contributed by atoms with Crippen molar-refractivity contribution in [3.63, 3.8) is 0 Å². The van der Waals surface area contributed by atoms with Crippen molar-refractivity contribution < 1.29 is 9.53 Å². The van der Waals surface area contributed by atoms with E-state index in [1.807, 2.05) is 0 Å². The van der Waals surface area contributed by atoms with E-state index in [0.717, 1.165) is 12.8 Å². The van der Waals surface area contributed by atoms with Gasteiger partial charge in [-0.05, 0) is 38.5 Å². The van der Waals surface area contributed by atoms with Gasteiger partial charge in [-0.15, -0.1) is 0 Å². The van der Waals surface area contributed by atoms with Gasteiger partial charge in [0, 0.05) is 6.42 Å². The Bertz CT molecular complexity index is 470. The molecule has 226 valence electrons. The highest BCUT2D eigenvalue weighted by atomic mass is 16.5. The number of carbonyl (C=O) groups is 1. The Kier molecular flexibility index (Phi) is 33.5. The summed E-state index contributed by atoms with van der Waals surface area (Å²) >= 11 is 0. The summed E-state index contributed by atoms with van der Waals surface area (Å²) in [5, 5.41) is 0. The minimum absolute atomic E-state index is 0.0223. The van der Waals surface area contributed by atoms with Crippen molar-refractivity contribution in [1.29, 1.82) is 0 Å². The summed E-state index contributed by atoms with van der Waals surface area (Å²) < 4.78 is 5.43. The number of unbranched alkanes of at least 4 members (excludes halogenated alkanes) is 26. The maximum absolute atomic E-state index is 11.9. The minimum Gasteiger partial charge on any atom is -0.466 e. The molecule has 0 aromatic heterocycles. The van der Waals surface area contributed by atoms with Gasteiger partial charge in [0.2, 0.25) is 0 Å². The van der Waals surface area contributed by atoms with Gasteiger partial charge in [0.15, 0.2) is 0 Å². The first-order valence-electron chi connectivity index (χ1n) is 17.6. The van der Waals surface area contributed by atoms with Crippen molar-refractivity contribution in [1.82, 2.24) is 0 Å². The lowest BCUT2D eigenvalue weighted by Gasteiger charge is -2.06. The van der Waals surface area contributed by atoms with Gasteiger partial charge < -0.3 is 4.74 Å². The molecule has 0 unspecified atom stereocenters. The molecule has 0 fully saturated rings. The minimum atomic E-state index is 0.0223. The molecule has 2 heteroatoms. The van der Waals surface area contributed by atoms with E-state index in [1.165, 1.54) is 173 Å². The lowest BCUT2D eigenvalue weighted by atomic mass is 10.0. The molecule has 0 rings (SSSR count). The first kappa shape index (κ1) is 37.2. The van der Waals surface area contributed by atoms with E-state index in [1.54, 1.807) is 0 Å². The Morgan fingerprint density at radius 1 is 0.421 bits per heavy atom. The van der Waals surface area contributed by atoms with E-state index < -0.39 is 0 Å². The Balaban J connectivity index is 3.18. The Morgan fingerprint density at radius 3 is 1.13 bits per heavy atom. The van der Waals surface area contributed by atoms with Crippen LogP contribution in [0, 0.1) is 0 Å². The molecule has 0 atom stereocenters. The SMILES string of the molecule is CCCCCCCCC=CCCCCCCCCCCOC(=O)CCCCCCCCCCCCCCC. The highest BCUT2D eigenvalue weighted by Gasteiger charge is 2.02. The van der Waals surface area contributed by atoms with Crippen molar-refractivity contribution >= 4 is 5.97 Å². The van der Waals surface area contributed by atoms with Gasteiger partial charge in [0.25, 0.3) is 0 Å². The van der Waals surface area contributed by atoms with Gasteiger partial charge in [-0.3, -0.25) is 4.79 Å². The summed E-state index contributed by atoms with van der Waals surface area (Å²) in [5.74, 6) is 0.0223. The molecule has 0 N–H and O–H groups in total. The highest BCUT2D eigenvalue weighted by Crippen LogP contribution is 2.14. The van der Waals surface area contributed by atoms with E-state index >= 15 is 0 Å². The molecule has 0 heterocycles. The fraction of sp³-hybridized carbons (Fsp3) is 0.917. The molecule has 0 radical (unpaired) electrons. The van der Waals surface area contributed by atoms with E-state index in [9.17, 15) is 4.79 Å². The summed E-state index contributed by atoms with van der Waals surface area (Å²) in [6, 6.07) is 0. The van der Waals surface area contributed by atoms with E-state index in [0.29, 0.717) is 13.0 Å². The number of hydrogen-bond acceptors (Lipinski definition) is 2. The molecule has 0 aromatic rings. The van der Waals surface area contributed by atoms with Crippen molar-refractivity contribution in [2.75, 3.05) is 6.61 Å². The molecule has 2 nitrogen and oxygen atoms in total. The normalized spacial score (nSPS) is 11.5. The van der Waals surface area contributed by atoms with E-state index in [2.05, 4.69) is 26.0 Å². The van der Waals surface area contributed by atoms with Crippen LogP contribution in [0.15, 0.2) is 12.2 Å². The van der Waals surface area contributed by atoms with Gasteiger partial charge in [-0.1, -0.05) is 174 Å². The molecule has 38 heavy (non-hydrogen) atoms. The average molecular weight is 535 g/mol. The maximum atomic E-state index is 11.9. The second-order valence-corrected chi connectivity index (χ2v) is 11.9. The topological polar surface area (TPSA) is 26.3 Å². The number of ether oxygens (including phenoxy) is 1. The van der Waals surface area contributed by atoms with Crippen LogP contribution in [-0.4, -0.2) is 12.6 Å². The fourth-order valence-corrected chi connectivity index (χ4v) is 5.25. The Morgan fingerprint density at radius 2 is 0.737 bits per heavy atom. The van der Waals surface area contributed by atoms with Gasteiger partial charge in [-0.25, -0.2) is 0 Å². The molecule has 0 saturated carbocycles. The van der Waals surface area contributed by atoms with Crippen molar-refractivity contribution in [2.24, 2.45) is 0 Å². The summed E-state index contributed by atoms with van der Waals surface area (Å²) in [5.41, 5.74) is 0. The van der Waals surface area contributed by atoms with Gasteiger partial charge in [0.05, 0.1) is 6.61 Å². The van der Waals surface area contributed by atoms with Crippen LogP contribution in [0.25, 0.3) is 0 Å². The number of carbonyl (C=O) groups excluding carboxylic acids is 1. The monoisotopic (exact) mass is 535 g/mol. The van der Waals surface area contributed by atoms with Gasteiger partial charge >= 0.3 is 5.97 Å². The van der Waals surface area contributed by atoms with E-state index in [4.69, 9.17) is 4.74 Å². The zero-order valence-electron chi connectivity index (χ0n) is 26.4. The number of esters is 1. The Hall–Kier alpha value is -0.790. The molecule has 0 amide bonds. The average Bonchev–Trinajstić information content (AvgIpc) is 2.92. The molecule has 0 spiro atoms. The maximum Gasteiger partial charge on any atom is 0.305 e. The third kappa shape index (κ3) is 33.2. The van der Waals surface area contributed by atoms with Crippen LogP contribution in [0.1, 0.15) is 206 Å². The van der Waals surface area contributed by atoms with Crippen LogP contribution >= 0.6 is 0 Å². The fourth-order valence-electron chi connectivity index (χ4n) is 5.25. The molecule has 0 aromatic carbocycles. The summed E-state index contributed by atoms with van der Waals surface area (Å²) in [7, 11) is 0. The Labute approximate surface area is 240 Å². The standard InChI is InChI=1S/C36H70O2/c1-3-5-7-9-11-13-15-17-18-19-20-21-23-25-27-29-31-33-35-38-36(37)34-32-30-28-26-24-22-16-14-12-10-8-6-4-2/h17-18H,3-16,19-35H2,1-2H3. The summed E-state index contributed by atoms with van der Waals surface area (Å²) in [6.07, 6.45) is 44.1. The lowest BCUT2D eigenvalue weighted by Crippen LogP contribution is -2.05. The second-order valence-electron chi connectivity index (χ2n) is 11.9. The van der Waals surface area contributed by atoms with Crippen LogP contribution < -0.4 is 0 Å². The number of rotatable bonds is 32. The van der Waals surface area contributed by atoms with Crippen LogP contribution in [0.5, 0.6) is 0 Å². The summed E-state index contributed by atoms with van der Waals surface area (Å²) in [6.45, 7) is 5.19. The first-order chi connectivity index (χ1) is 18.8. The zero-order chi connectivity index (χ0) is 27.6. The smallest absolute Gasteiger partial charge is 0.305 e. The molecule has 0 aliphatic heterocycles. The molecule has 0 aliphatic carbocycles. The molecule has 0 bridgehead atoms. The predicted octanol–water partition coefficient (Wildman–Crippen LogP) is 12.8. The molecule has 0 aliphatic rings. The second kappa shape index (κ2) is 34.2. The molecule has 0 saturated heterocycles. The van der Waals surface area contributed by atoms with Gasteiger partial charge in [0.1, 0.15) is 0 Å². The van der Waals surface area contributed by atoms with E-state index in [-0.39, 0.29) is 5.97 Å². The van der Waals surface area contributed by atoms with Crippen LogP contribution in [0.2, 0.25) is 0 Å². The molecular weight excluding hydrogens is 464 g/mol. The third-order valence-corrected chi connectivity index (χ3v) is 7.90. The van der Waals surface area contributed by atoms with Crippen LogP contribution in [0.3, 0.4) is 0 Å². The van der Waals surface area contributed by atoms with Gasteiger partial charge in [-0.2, -0.15) is 0 Å². The predicted molar refractivity (Wildman–Crippen MR) is 170 cm³/mol. The number of hydrogen-bond donors (Lipinski definition) is 0. The largest absolute Gasteiger partial charge is 0.466 e. The van der Waals surface area contributed by atoms with Crippen molar-refractivity contribution in [3.8, 4) is 0 Å². The van der Waals surface area contributed by atoms with Crippen molar-refractivity contribution in [3.05, 3.63) is 12.2 Å². The lowest BCUT2D eigenvalue weighted by molar-refractivity contribution is -0.143. The van der Waals surface area contributed by atoms with Crippen molar-refractivity contribution in [2.45, 2.75) is 206 Å². The van der Waals surface area contributed by atoms with Crippen LogP contribution in [0.4, 0.5) is 0 Å². The summed E-state index contributed by atoms with van der Waals surface area (Å²) in [4.78, 5) is 11.9. The quantitative estimate of drug-likeness (QED) is 0.0487. The number of allylic oxidation sites excluding steroid dienone is 2. The molecular formula is C36H70O2.